The van der Waals surface area contributed by atoms with E-state index in [0.717, 1.165) is 25.8 Å². The van der Waals surface area contributed by atoms with Crippen LogP contribution in [-0.4, -0.2) is 18.6 Å². The first-order valence-corrected chi connectivity index (χ1v) is 7.19. The predicted molar refractivity (Wildman–Crippen MR) is 85.7 cm³/mol. The van der Waals surface area contributed by atoms with E-state index < -0.39 is 0 Å². The monoisotopic (exact) mass is 266 g/mol. The summed E-state index contributed by atoms with van der Waals surface area (Å²) < 4.78 is 0. The third kappa shape index (κ3) is 4.63. The lowest BCUT2D eigenvalue weighted by molar-refractivity contribution is 0.764. The predicted octanol–water partition coefficient (Wildman–Crippen LogP) is 3.49. The molecule has 1 heterocycles. The Morgan fingerprint density at radius 2 is 1.90 bits per heavy atom. The van der Waals surface area contributed by atoms with Crippen LogP contribution in [0.3, 0.4) is 0 Å². The van der Waals surface area contributed by atoms with Crippen LogP contribution in [0.2, 0.25) is 0 Å². The fraction of sp³-hybridized carbons (Fsp3) is 0.278. The molecule has 20 heavy (non-hydrogen) atoms. The third-order valence-corrected chi connectivity index (χ3v) is 3.29. The number of hydrogen-bond donors (Lipinski definition) is 1. The molecule has 0 aliphatic rings. The van der Waals surface area contributed by atoms with Crippen LogP contribution in [0.5, 0.6) is 0 Å². The van der Waals surface area contributed by atoms with Gasteiger partial charge in [0.1, 0.15) is 0 Å². The Morgan fingerprint density at radius 3 is 2.70 bits per heavy atom. The van der Waals surface area contributed by atoms with E-state index >= 15 is 0 Å². The number of likely N-dealkylation sites (N-methyl/N-ethyl adjacent to an activating group) is 1. The molecule has 0 bridgehead atoms. The molecular formula is C18H22N2. The number of aryl methyl sites for hydroxylation is 1. The van der Waals surface area contributed by atoms with Gasteiger partial charge in [-0.1, -0.05) is 48.6 Å². The summed E-state index contributed by atoms with van der Waals surface area (Å²) in [5.41, 5.74) is 3.84. The second-order valence-electron chi connectivity index (χ2n) is 4.81. The number of hydrogen-bond acceptors (Lipinski definition) is 2. The second-order valence-corrected chi connectivity index (χ2v) is 4.81. The van der Waals surface area contributed by atoms with Crippen molar-refractivity contribution in [2.45, 2.75) is 19.3 Å². The summed E-state index contributed by atoms with van der Waals surface area (Å²) in [5.74, 6) is 0. The first kappa shape index (κ1) is 14.5. The molecule has 0 saturated carbocycles. The van der Waals surface area contributed by atoms with E-state index in [4.69, 9.17) is 0 Å². The largest absolute Gasteiger partial charge is 0.319 e. The highest BCUT2D eigenvalue weighted by Gasteiger charge is 2.01. The highest BCUT2D eigenvalue weighted by molar-refractivity contribution is 5.48. The van der Waals surface area contributed by atoms with Crippen molar-refractivity contribution in [3.8, 4) is 0 Å². The topological polar surface area (TPSA) is 24.9 Å². The van der Waals surface area contributed by atoms with Gasteiger partial charge in [-0.25, -0.2) is 0 Å². The van der Waals surface area contributed by atoms with E-state index in [1.165, 1.54) is 16.8 Å². The summed E-state index contributed by atoms with van der Waals surface area (Å²) in [4.78, 5) is 4.49. The minimum absolute atomic E-state index is 0.976. The van der Waals surface area contributed by atoms with Crippen LogP contribution in [0.1, 0.15) is 23.2 Å². The van der Waals surface area contributed by atoms with Gasteiger partial charge in [-0.3, -0.25) is 4.98 Å². The van der Waals surface area contributed by atoms with Crippen molar-refractivity contribution in [1.29, 1.82) is 0 Å². The lowest BCUT2D eigenvalue weighted by Gasteiger charge is -2.06. The number of rotatable bonds is 7. The lowest BCUT2D eigenvalue weighted by atomic mass is 10.1. The smallest absolute Gasteiger partial charge is 0.0448 e. The maximum atomic E-state index is 4.49. The lowest BCUT2D eigenvalue weighted by Crippen LogP contribution is -2.12. The molecule has 2 nitrogen and oxygen atoms in total. The van der Waals surface area contributed by atoms with Crippen molar-refractivity contribution in [2.24, 2.45) is 0 Å². The summed E-state index contributed by atoms with van der Waals surface area (Å²) in [6, 6.07) is 14.6. The molecule has 0 spiro atoms. The fourth-order valence-electron chi connectivity index (χ4n) is 2.19. The van der Waals surface area contributed by atoms with Gasteiger partial charge in [0.25, 0.3) is 0 Å². The SMILES string of the molecule is CNCCc1ncccc1CCC=Cc1ccccc1. The van der Waals surface area contributed by atoms with E-state index in [2.05, 4.69) is 52.8 Å². The first-order chi connectivity index (χ1) is 9.90. The average molecular weight is 266 g/mol. The molecule has 1 aromatic heterocycles. The first-order valence-electron chi connectivity index (χ1n) is 7.19. The Morgan fingerprint density at radius 1 is 1.05 bits per heavy atom. The highest BCUT2D eigenvalue weighted by Crippen LogP contribution is 2.10. The van der Waals surface area contributed by atoms with Crippen LogP contribution in [-0.2, 0) is 12.8 Å². The zero-order valence-corrected chi connectivity index (χ0v) is 12.0. The van der Waals surface area contributed by atoms with Crippen molar-refractivity contribution in [3.05, 3.63) is 71.6 Å². The Bertz CT molecular complexity index is 532. The van der Waals surface area contributed by atoms with Gasteiger partial charge in [0, 0.05) is 24.9 Å². The maximum Gasteiger partial charge on any atom is 0.0448 e. The Balaban J connectivity index is 1.89. The molecule has 0 radical (unpaired) electrons. The summed E-state index contributed by atoms with van der Waals surface area (Å²) >= 11 is 0. The van der Waals surface area contributed by atoms with Gasteiger partial charge in [-0.2, -0.15) is 0 Å². The van der Waals surface area contributed by atoms with Crippen molar-refractivity contribution >= 4 is 6.08 Å². The quantitative estimate of drug-likeness (QED) is 0.830. The van der Waals surface area contributed by atoms with Crippen LogP contribution >= 0.6 is 0 Å². The fourth-order valence-corrected chi connectivity index (χ4v) is 2.19. The molecule has 1 N–H and O–H groups in total. The van der Waals surface area contributed by atoms with Gasteiger partial charge >= 0.3 is 0 Å². The van der Waals surface area contributed by atoms with Crippen molar-refractivity contribution in [1.82, 2.24) is 10.3 Å². The van der Waals surface area contributed by atoms with Crippen molar-refractivity contribution < 1.29 is 0 Å². The summed E-state index contributed by atoms with van der Waals surface area (Å²) in [7, 11) is 1.98. The van der Waals surface area contributed by atoms with Crippen molar-refractivity contribution in [3.63, 3.8) is 0 Å². The van der Waals surface area contributed by atoms with Gasteiger partial charge in [-0.05, 0) is 37.1 Å². The molecule has 0 fully saturated rings. The van der Waals surface area contributed by atoms with Crippen LogP contribution in [0, 0.1) is 0 Å². The molecule has 0 unspecified atom stereocenters. The number of allylic oxidation sites excluding steroid dienone is 1. The van der Waals surface area contributed by atoms with E-state index in [9.17, 15) is 0 Å². The maximum absolute atomic E-state index is 4.49. The average Bonchev–Trinajstić information content (AvgIpc) is 2.51. The van der Waals surface area contributed by atoms with Crippen molar-refractivity contribution in [2.75, 3.05) is 13.6 Å². The number of nitrogens with one attached hydrogen (secondary N) is 1. The Labute approximate surface area is 121 Å². The molecule has 2 heteroatoms. The van der Waals surface area contributed by atoms with Gasteiger partial charge in [0.15, 0.2) is 0 Å². The number of pyridine rings is 1. The van der Waals surface area contributed by atoms with Gasteiger partial charge in [-0.15, -0.1) is 0 Å². The molecule has 0 atom stereocenters. The number of benzene rings is 1. The molecule has 0 amide bonds. The molecular weight excluding hydrogens is 244 g/mol. The summed E-state index contributed by atoms with van der Waals surface area (Å²) in [6.07, 6.45) is 9.40. The highest BCUT2D eigenvalue weighted by atomic mass is 14.8. The van der Waals surface area contributed by atoms with E-state index in [1.807, 2.05) is 25.4 Å². The summed E-state index contributed by atoms with van der Waals surface area (Å²) in [5, 5.41) is 3.18. The van der Waals surface area contributed by atoms with Crippen LogP contribution in [0.15, 0.2) is 54.7 Å². The molecule has 0 saturated heterocycles. The van der Waals surface area contributed by atoms with Gasteiger partial charge < -0.3 is 5.32 Å². The molecule has 2 rings (SSSR count). The zero-order chi connectivity index (χ0) is 14.0. The molecule has 2 aromatic rings. The Kier molecular flexibility index (Phi) is 6.00. The van der Waals surface area contributed by atoms with E-state index in [0.29, 0.717) is 0 Å². The molecule has 0 aliphatic carbocycles. The van der Waals surface area contributed by atoms with Crippen LogP contribution < -0.4 is 5.32 Å². The molecule has 1 aromatic carbocycles. The standard InChI is InChI=1S/C18H22N2/c1-19-15-13-18-17(12-7-14-20-18)11-6-5-10-16-8-3-2-4-9-16/h2-5,7-10,12,14,19H,6,11,13,15H2,1H3. The molecule has 104 valence electrons. The van der Waals surface area contributed by atoms with Gasteiger partial charge in [0.05, 0.1) is 0 Å². The number of aromatic nitrogens is 1. The van der Waals surface area contributed by atoms with Gasteiger partial charge in [0.2, 0.25) is 0 Å². The minimum atomic E-state index is 0.976. The van der Waals surface area contributed by atoms with Crippen LogP contribution in [0.4, 0.5) is 0 Å². The third-order valence-electron chi connectivity index (χ3n) is 3.29. The van der Waals surface area contributed by atoms with E-state index in [-0.39, 0.29) is 0 Å². The summed E-state index contributed by atoms with van der Waals surface area (Å²) in [6.45, 7) is 0.976. The minimum Gasteiger partial charge on any atom is -0.319 e. The molecule has 0 aliphatic heterocycles. The van der Waals surface area contributed by atoms with E-state index in [1.54, 1.807) is 0 Å². The normalized spacial score (nSPS) is 11.1. The second kappa shape index (κ2) is 8.28. The Hall–Kier alpha value is -1.93. The van der Waals surface area contributed by atoms with Crippen LogP contribution in [0.25, 0.3) is 6.08 Å². The number of nitrogens with zero attached hydrogens (tertiary/aromatic N) is 1. The zero-order valence-electron chi connectivity index (χ0n) is 12.0.